The van der Waals surface area contributed by atoms with Crippen LogP contribution in [-0.2, 0) is 15.9 Å². The first-order chi connectivity index (χ1) is 16.9. The molecule has 4 aromatic rings. The Balaban J connectivity index is 1.21. The zero-order valence-electron chi connectivity index (χ0n) is 20.2. The highest BCUT2D eigenvalue weighted by Crippen LogP contribution is 2.73. The quantitative estimate of drug-likeness (QED) is 0.448. The summed E-state index contributed by atoms with van der Waals surface area (Å²) in [7, 11) is 1.90. The minimum absolute atomic E-state index is 0.00741. The van der Waals surface area contributed by atoms with Crippen molar-refractivity contribution in [2.45, 2.75) is 57.1 Å². The maximum Gasteiger partial charge on any atom is 0.163 e. The average molecular weight is 471 g/mol. The second kappa shape index (κ2) is 7.15. The lowest BCUT2D eigenvalue weighted by Gasteiger charge is -2.24. The van der Waals surface area contributed by atoms with Crippen LogP contribution in [0, 0.1) is 11.3 Å². The minimum Gasteiger partial charge on any atom is -0.383 e. The van der Waals surface area contributed by atoms with Crippen molar-refractivity contribution in [1.82, 2.24) is 19.5 Å². The number of aryl methyl sites for hydroxylation is 1. The predicted octanol–water partition coefficient (Wildman–Crippen LogP) is 4.32. The highest BCUT2D eigenvalue weighted by molar-refractivity contribution is 5.86. The van der Waals surface area contributed by atoms with E-state index in [-0.39, 0.29) is 23.7 Å². The van der Waals surface area contributed by atoms with E-state index in [2.05, 4.69) is 50.3 Å². The van der Waals surface area contributed by atoms with E-state index in [4.69, 9.17) is 20.2 Å². The molecule has 5 atom stereocenters. The molecule has 3 aliphatic rings. The molecule has 0 spiro atoms. The summed E-state index contributed by atoms with van der Waals surface area (Å²) in [5.41, 5.74) is 9.44. The first kappa shape index (κ1) is 21.1. The molecular weight excluding hydrogens is 440 g/mol. The summed E-state index contributed by atoms with van der Waals surface area (Å²) in [6, 6.07) is 12.9. The summed E-state index contributed by atoms with van der Waals surface area (Å²) in [5.74, 6) is 1.29. The van der Waals surface area contributed by atoms with Crippen LogP contribution in [0.5, 0.6) is 0 Å². The fraction of sp³-hybridized carbons (Fsp3) is 0.444. The molecule has 4 heterocycles. The number of nitrogens with two attached hydrogens (primary N) is 1. The van der Waals surface area contributed by atoms with E-state index in [0.717, 1.165) is 47.0 Å². The van der Waals surface area contributed by atoms with E-state index in [0.29, 0.717) is 11.7 Å². The first-order valence-electron chi connectivity index (χ1n) is 12.4. The number of benzene rings is 1. The Morgan fingerprint density at radius 1 is 1.14 bits per heavy atom. The van der Waals surface area contributed by atoms with Crippen LogP contribution >= 0.6 is 0 Å². The maximum atomic E-state index is 6.57. The number of nitrogens with one attached hydrogen (secondary N) is 1. The second-order valence-corrected chi connectivity index (χ2v) is 10.7. The Hall–Kier alpha value is -3.23. The molecule has 2 aliphatic carbocycles. The zero-order valence-corrected chi connectivity index (χ0v) is 20.2. The van der Waals surface area contributed by atoms with E-state index >= 15 is 0 Å². The van der Waals surface area contributed by atoms with Gasteiger partial charge < -0.3 is 25.1 Å². The number of anilines is 2. The van der Waals surface area contributed by atoms with E-state index in [9.17, 15) is 0 Å². The number of hydrogen-bond acceptors (Lipinski definition) is 7. The van der Waals surface area contributed by atoms with Crippen LogP contribution in [0.15, 0.2) is 48.9 Å². The summed E-state index contributed by atoms with van der Waals surface area (Å²) < 4.78 is 15.3. The minimum atomic E-state index is -0.596. The Bertz CT molecular complexity index is 1460. The molecule has 1 aliphatic heterocycles. The van der Waals surface area contributed by atoms with Gasteiger partial charge >= 0.3 is 0 Å². The molecule has 180 valence electrons. The van der Waals surface area contributed by atoms with Crippen molar-refractivity contribution in [2.75, 3.05) is 18.1 Å². The van der Waals surface area contributed by atoms with Gasteiger partial charge in [0.15, 0.2) is 5.79 Å². The van der Waals surface area contributed by atoms with Gasteiger partial charge in [-0.05, 0) is 68.9 Å². The van der Waals surface area contributed by atoms with E-state index in [1.807, 2.05) is 33.0 Å². The van der Waals surface area contributed by atoms with Gasteiger partial charge in [-0.2, -0.15) is 0 Å². The van der Waals surface area contributed by atoms with Crippen molar-refractivity contribution in [3.63, 3.8) is 0 Å². The fourth-order valence-electron chi connectivity index (χ4n) is 6.70. The van der Waals surface area contributed by atoms with Gasteiger partial charge in [0.2, 0.25) is 0 Å². The van der Waals surface area contributed by atoms with E-state index < -0.39 is 5.79 Å². The average Bonchev–Trinajstić information content (AvgIpc) is 3.10. The summed E-state index contributed by atoms with van der Waals surface area (Å²) in [4.78, 5) is 13.5. The van der Waals surface area contributed by atoms with Crippen LogP contribution in [0.1, 0.15) is 38.3 Å². The van der Waals surface area contributed by atoms with Crippen LogP contribution in [0.2, 0.25) is 0 Å². The van der Waals surface area contributed by atoms with Crippen LogP contribution in [0.4, 0.5) is 11.6 Å². The highest BCUT2D eigenvalue weighted by atomic mass is 16.8. The normalized spacial score (nSPS) is 30.5. The molecule has 2 saturated carbocycles. The Morgan fingerprint density at radius 2 is 2.00 bits per heavy atom. The van der Waals surface area contributed by atoms with Crippen molar-refractivity contribution in [3.05, 3.63) is 54.5 Å². The van der Waals surface area contributed by atoms with Crippen molar-refractivity contribution in [2.24, 2.45) is 11.3 Å². The van der Waals surface area contributed by atoms with Gasteiger partial charge in [-0.3, -0.25) is 0 Å². The molecule has 8 nitrogen and oxygen atoms in total. The van der Waals surface area contributed by atoms with Gasteiger partial charge in [-0.25, -0.2) is 15.0 Å². The number of fused-ring (bicyclic) bond motifs is 5. The molecular formula is C27H30N6O2. The number of nitrogens with zero attached hydrogens (tertiary/aromatic N) is 4. The highest BCUT2D eigenvalue weighted by Gasteiger charge is 2.75. The lowest BCUT2D eigenvalue weighted by Crippen LogP contribution is -2.32. The molecule has 0 bridgehead atoms. The standard InChI is InChI=1S/C27H30N6O2/c1-26(2)34-22-21(33-11-9-17-24(28)30-14-31-25(17)33)18-13-27(18,23(22)35-26)10-8-15-4-5-16-6-7-20(29-3)32-19(16)12-15/h4-7,9,11-12,14,18,21-23H,8,10,13H2,1-3H3,(H,29,32)(H2,28,30,31)/t18-,21-,22+,23+,27-/m1/s1. The zero-order chi connectivity index (χ0) is 23.9. The van der Waals surface area contributed by atoms with Crippen molar-refractivity contribution in [3.8, 4) is 0 Å². The van der Waals surface area contributed by atoms with Crippen LogP contribution in [-0.4, -0.2) is 44.6 Å². The molecule has 1 aromatic carbocycles. The molecule has 35 heavy (non-hydrogen) atoms. The topological polar surface area (TPSA) is 100 Å². The maximum absolute atomic E-state index is 6.57. The van der Waals surface area contributed by atoms with E-state index in [1.54, 1.807) is 6.33 Å². The van der Waals surface area contributed by atoms with Crippen LogP contribution in [0.3, 0.4) is 0 Å². The lowest BCUT2D eigenvalue weighted by molar-refractivity contribution is -0.161. The lowest BCUT2D eigenvalue weighted by atomic mass is 9.91. The van der Waals surface area contributed by atoms with Gasteiger partial charge in [0.1, 0.15) is 29.7 Å². The van der Waals surface area contributed by atoms with Gasteiger partial charge in [0.25, 0.3) is 0 Å². The largest absolute Gasteiger partial charge is 0.383 e. The van der Waals surface area contributed by atoms with Crippen molar-refractivity contribution >= 4 is 33.6 Å². The molecule has 3 N–H and O–H groups in total. The summed E-state index contributed by atoms with van der Waals surface area (Å²) >= 11 is 0. The second-order valence-electron chi connectivity index (χ2n) is 10.7. The third-order valence-corrected chi connectivity index (χ3v) is 8.38. The summed E-state index contributed by atoms with van der Waals surface area (Å²) in [6.45, 7) is 4.05. The third kappa shape index (κ3) is 3.09. The van der Waals surface area contributed by atoms with Gasteiger partial charge in [-0.15, -0.1) is 0 Å². The SMILES string of the molecule is CNc1ccc2ccc(CC[C@@]34C[C@@H]3[C@@H](n3ccc5c(N)ncnc53)[C@@H]3OC(C)(C)O[C@@H]34)cc2n1. The first-order valence-corrected chi connectivity index (χ1v) is 12.4. The van der Waals surface area contributed by atoms with Gasteiger partial charge in [0.05, 0.1) is 23.0 Å². The Labute approximate surface area is 203 Å². The fourth-order valence-corrected chi connectivity index (χ4v) is 6.70. The molecule has 3 fully saturated rings. The summed E-state index contributed by atoms with van der Waals surface area (Å²) in [6.07, 6.45) is 6.87. The van der Waals surface area contributed by atoms with Crippen molar-refractivity contribution < 1.29 is 9.47 Å². The summed E-state index contributed by atoms with van der Waals surface area (Å²) in [5, 5.41) is 5.19. The Kier molecular flexibility index (Phi) is 4.31. The molecule has 8 heteroatoms. The molecule has 1 saturated heterocycles. The number of pyridine rings is 1. The van der Waals surface area contributed by atoms with Crippen LogP contribution < -0.4 is 11.1 Å². The molecule has 0 amide bonds. The number of ether oxygens (including phenoxy) is 2. The van der Waals surface area contributed by atoms with Crippen molar-refractivity contribution in [1.29, 1.82) is 0 Å². The number of aromatic nitrogens is 4. The van der Waals surface area contributed by atoms with Gasteiger partial charge in [0, 0.05) is 24.0 Å². The third-order valence-electron chi connectivity index (χ3n) is 8.38. The number of hydrogen-bond donors (Lipinski definition) is 2. The number of rotatable bonds is 5. The van der Waals surface area contributed by atoms with Crippen LogP contribution in [0.25, 0.3) is 21.9 Å². The van der Waals surface area contributed by atoms with E-state index in [1.165, 1.54) is 5.56 Å². The van der Waals surface area contributed by atoms with Gasteiger partial charge in [-0.1, -0.05) is 12.1 Å². The smallest absolute Gasteiger partial charge is 0.163 e. The molecule has 0 radical (unpaired) electrons. The molecule has 0 unspecified atom stereocenters. The molecule has 7 rings (SSSR count). The Morgan fingerprint density at radius 3 is 2.86 bits per heavy atom. The monoisotopic (exact) mass is 470 g/mol. The molecule has 3 aromatic heterocycles. The predicted molar refractivity (Wildman–Crippen MR) is 135 cm³/mol. The number of nitrogen functional groups attached to an aromatic ring is 1.